The molecule has 0 aromatic heterocycles. The molecule has 0 aliphatic carbocycles. The van der Waals surface area contributed by atoms with Gasteiger partial charge in [-0.25, -0.2) is 8.42 Å². The van der Waals surface area contributed by atoms with Crippen molar-refractivity contribution in [3.8, 4) is 11.5 Å². The van der Waals surface area contributed by atoms with E-state index in [-0.39, 0.29) is 56.3 Å². The van der Waals surface area contributed by atoms with Gasteiger partial charge in [0.2, 0.25) is 0 Å². The van der Waals surface area contributed by atoms with E-state index in [9.17, 15) is 13.0 Å². The van der Waals surface area contributed by atoms with Crippen molar-refractivity contribution in [1.29, 1.82) is 0 Å². The minimum absolute atomic E-state index is 0. The summed E-state index contributed by atoms with van der Waals surface area (Å²) in [7, 11) is -4.48. The number of unbranched alkanes of at least 4 members (excludes halogenated alkanes) is 10. The number of rotatable bonds is 15. The summed E-state index contributed by atoms with van der Waals surface area (Å²) in [6.45, 7) is 2.26. The maximum absolute atomic E-state index is 11.1. The minimum Gasteiger partial charge on any atom is -0.744 e. The fourth-order valence-electron chi connectivity index (χ4n) is 3.55. The van der Waals surface area contributed by atoms with Crippen LogP contribution in [0.15, 0.2) is 53.4 Å². The quantitative estimate of drug-likeness (QED) is 0.222. The molecule has 166 valence electrons. The molecule has 0 unspecified atom stereocenters. The van der Waals surface area contributed by atoms with Gasteiger partial charge in [0.25, 0.3) is 0 Å². The zero-order valence-electron chi connectivity index (χ0n) is 19.1. The van der Waals surface area contributed by atoms with Crippen LogP contribution in [0.2, 0.25) is 0 Å². The Balaban J connectivity index is 0.00000480. The van der Waals surface area contributed by atoms with Gasteiger partial charge < -0.3 is 9.29 Å². The second-order valence-electron chi connectivity index (χ2n) is 7.96. The Morgan fingerprint density at radius 1 is 0.742 bits per heavy atom. The van der Waals surface area contributed by atoms with E-state index >= 15 is 0 Å². The maximum atomic E-state index is 11.1. The van der Waals surface area contributed by atoms with E-state index in [1.54, 1.807) is 6.07 Å². The van der Waals surface area contributed by atoms with Crippen molar-refractivity contribution in [1.82, 2.24) is 0 Å². The summed E-state index contributed by atoms with van der Waals surface area (Å²) in [5.41, 5.74) is 1.27. The molecule has 2 aromatic carbocycles. The first kappa shape index (κ1) is 28.8. The van der Waals surface area contributed by atoms with Crippen LogP contribution < -0.4 is 56.1 Å². The predicted molar refractivity (Wildman–Crippen MR) is 121 cm³/mol. The van der Waals surface area contributed by atoms with E-state index in [2.05, 4.69) is 6.92 Å². The summed E-state index contributed by atoms with van der Waals surface area (Å²) in [5, 5.41) is 0. The molecule has 0 amide bonds. The van der Waals surface area contributed by atoms with Gasteiger partial charge in [-0.15, -0.1) is 0 Å². The van der Waals surface area contributed by atoms with Crippen molar-refractivity contribution in [2.75, 3.05) is 0 Å². The van der Waals surface area contributed by atoms with Crippen molar-refractivity contribution < 1.29 is 69.1 Å². The summed E-state index contributed by atoms with van der Waals surface area (Å²) in [5.74, 6) is 0.961. The third-order valence-electron chi connectivity index (χ3n) is 5.32. The number of hydrogen-bond donors (Lipinski definition) is 0. The molecule has 0 fully saturated rings. The van der Waals surface area contributed by atoms with Gasteiger partial charge in [0.05, 0.1) is 4.90 Å². The molecule has 6 heteroatoms. The molecule has 0 aliphatic heterocycles. The topological polar surface area (TPSA) is 66.4 Å². The summed E-state index contributed by atoms with van der Waals surface area (Å²) in [6.07, 6.45) is 15.8. The van der Waals surface area contributed by atoms with Gasteiger partial charge in [0, 0.05) is 0 Å². The molecule has 0 saturated heterocycles. The van der Waals surface area contributed by atoms with E-state index in [4.69, 9.17) is 4.74 Å². The number of aryl methyl sites for hydroxylation is 1. The molecule has 0 bridgehead atoms. The molecular formula is C25H35KO4S. The van der Waals surface area contributed by atoms with Crippen molar-refractivity contribution in [3.63, 3.8) is 0 Å². The van der Waals surface area contributed by atoms with Gasteiger partial charge >= 0.3 is 51.4 Å². The van der Waals surface area contributed by atoms with Gasteiger partial charge in [-0.05, 0) is 48.7 Å². The van der Waals surface area contributed by atoms with Crippen LogP contribution in [0, 0.1) is 0 Å². The number of ether oxygens (including phenoxy) is 1. The van der Waals surface area contributed by atoms with Crippen LogP contribution in [0.1, 0.15) is 83.1 Å². The predicted octanol–water partition coefficient (Wildman–Crippen LogP) is 4.24. The molecule has 31 heavy (non-hydrogen) atoms. The van der Waals surface area contributed by atoms with Gasteiger partial charge in [-0.3, -0.25) is 0 Å². The van der Waals surface area contributed by atoms with Crippen molar-refractivity contribution in [2.24, 2.45) is 0 Å². The molecule has 0 N–H and O–H groups in total. The van der Waals surface area contributed by atoms with E-state index in [0.29, 0.717) is 11.5 Å². The van der Waals surface area contributed by atoms with Gasteiger partial charge in [-0.1, -0.05) is 89.3 Å². The van der Waals surface area contributed by atoms with E-state index in [1.165, 1.54) is 94.4 Å². The number of benzene rings is 2. The first-order chi connectivity index (χ1) is 14.5. The monoisotopic (exact) mass is 470 g/mol. The Morgan fingerprint density at radius 3 is 1.84 bits per heavy atom. The van der Waals surface area contributed by atoms with E-state index in [0.717, 1.165) is 6.42 Å². The van der Waals surface area contributed by atoms with Gasteiger partial charge in [-0.2, -0.15) is 0 Å². The molecular weight excluding hydrogens is 435 g/mol. The Labute approximate surface area is 231 Å². The molecule has 2 aromatic rings. The SMILES string of the molecule is CCCCCCCCCCCCCc1ccc(Oc2cccc(S(=O)(=O)[O-])c2)cc1.[K+]. The normalized spacial score (nSPS) is 11.2. The fourth-order valence-corrected chi connectivity index (χ4v) is 4.05. The zero-order valence-corrected chi connectivity index (χ0v) is 23.1. The molecule has 0 heterocycles. The van der Waals surface area contributed by atoms with Crippen LogP contribution in [-0.2, 0) is 16.5 Å². The van der Waals surface area contributed by atoms with Crippen LogP contribution in [0.5, 0.6) is 11.5 Å². The average Bonchev–Trinajstić information content (AvgIpc) is 2.73. The maximum Gasteiger partial charge on any atom is 1.00 e. The van der Waals surface area contributed by atoms with Crippen LogP contribution in [0.25, 0.3) is 0 Å². The Bertz CT molecular complexity index is 835. The van der Waals surface area contributed by atoms with Gasteiger partial charge in [0.15, 0.2) is 0 Å². The Hall–Kier alpha value is -0.214. The summed E-state index contributed by atoms with van der Waals surface area (Å²) >= 11 is 0. The van der Waals surface area contributed by atoms with Crippen LogP contribution in [0.4, 0.5) is 0 Å². The average molecular weight is 471 g/mol. The van der Waals surface area contributed by atoms with Crippen molar-refractivity contribution in [3.05, 3.63) is 54.1 Å². The Kier molecular flexibility index (Phi) is 15.3. The van der Waals surface area contributed by atoms with E-state index in [1.807, 2.05) is 24.3 Å². The number of hydrogen-bond acceptors (Lipinski definition) is 4. The molecule has 0 spiro atoms. The second-order valence-corrected chi connectivity index (χ2v) is 9.34. The zero-order chi connectivity index (χ0) is 21.7. The summed E-state index contributed by atoms with van der Waals surface area (Å²) in [6, 6.07) is 13.5. The minimum atomic E-state index is -4.48. The molecule has 0 aliphatic rings. The standard InChI is InChI=1S/C25H36O4S.K/c1-2-3-4-5-6-7-8-9-10-11-12-14-22-17-19-23(20-18-22)29-24-15-13-16-25(21-24)30(26,27)28;/h13,15-21H,2-12,14H2,1H3,(H,26,27,28);/q;+1/p-1. The first-order valence-corrected chi connectivity index (χ1v) is 12.7. The third-order valence-corrected chi connectivity index (χ3v) is 6.15. The van der Waals surface area contributed by atoms with Crippen LogP contribution in [-0.4, -0.2) is 13.0 Å². The molecule has 0 radical (unpaired) electrons. The van der Waals surface area contributed by atoms with Crippen molar-refractivity contribution in [2.45, 2.75) is 88.9 Å². The molecule has 2 rings (SSSR count). The summed E-state index contributed by atoms with van der Waals surface area (Å²) < 4.78 is 39.0. The smallest absolute Gasteiger partial charge is 0.744 e. The largest absolute Gasteiger partial charge is 1.00 e. The van der Waals surface area contributed by atoms with E-state index < -0.39 is 10.1 Å². The van der Waals surface area contributed by atoms with Crippen LogP contribution in [0.3, 0.4) is 0 Å². The first-order valence-electron chi connectivity index (χ1n) is 11.3. The third kappa shape index (κ3) is 12.6. The summed E-state index contributed by atoms with van der Waals surface area (Å²) in [4.78, 5) is -0.284. The fraction of sp³-hybridized carbons (Fsp3) is 0.520. The molecule has 0 atom stereocenters. The Morgan fingerprint density at radius 2 is 1.29 bits per heavy atom. The second kappa shape index (κ2) is 16.4. The van der Waals surface area contributed by atoms with Crippen LogP contribution >= 0.6 is 0 Å². The molecule has 0 saturated carbocycles. The van der Waals surface area contributed by atoms with Crippen molar-refractivity contribution >= 4 is 10.1 Å². The molecule has 4 nitrogen and oxygen atoms in total. The van der Waals surface area contributed by atoms with Gasteiger partial charge in [0.1, 0.15) is 21.6 Å².